The maximum Gasteiger partial charge on any atom is 0.294 e. The highest BCUT2D eigenvalue weighted by molar-refractivity contribution is 7.85. The van der Waals surface area contributed by atoms with E-state index in [2.05, 4.69) is 53.2 Å². The molecule has 0 saturated carbocycles. The number of azo groups is 1. The Kier molecular flexibility index (Phi) is 6.96. The highest BCUT2D eigenvalue weighted by Gasteiger charge is 2.17. The van der Waals surface area contributed by atoms with Crippen molar-refractivity contribution in [1.82, 2.24) is 0 Å². The Hall–Kier alpha value is -3.95. The molecule has 0 aliphatic rings. The Morgan fingerprint density at radius 1 is 0.944 bits per heavy atom. The van der Waals surface area contributed by atoms with E-state index in [1.54, 1.807) is 13.0 Å². The highest BCUT2D eigenvalue weighted by atomic mass is 32.2. The molecule has 0 amide bonds. The Morgan fingerprint density at radius 3 is 2.22 bits per heavy atom. The van der Waals surface area contributed by atoms with Crippen LogP contribution >= 0.6 is 0 Å². The molecule has 0 unspecified atom stereocenters. The third-order valence-electron chi connectivity index (χ3n) is 6.05. The first-order chi connectivity index (χ1) is 17.1. The van der Waals surface area contributed by atoms with E-state index in [1.807, 2.05) is 24.3 Å². The molecule has 4 N–H and O–H groups in total. The van der Waals surface area contributed by atoms with E-state index in [-0.39, 0.29) is 16.8 Å². The van der Waals surface area contributed by atoms with Crippen LogP contribution in [0.4, 0.5) is 22.7 Å². The van der Waals surface area contributed by atoms with Crippen molar-refractivity contribution in [2.24, 2.45) is 10.2 Å². The minimum Gasteiger partial charge on any atom is -0.507 e. The predicted octanol–water partition coefficient (Wildman–Crippen LogP) is 6.43. The van der Waals surface area contributed by atoms with Crippen molar-refractivity contribution in [1.29, 1.82) is 0 Å². The number of hydrogen-bond acceptors (Lipinski definition) is 7. The molecule has 0 atom stereocenters. The molecule has 0 radical (unpaired) electrons. The molecule has 186 valence electrons. The van der Waals surface area contributed by atoms with E-state index in [9.17, 15) is 18.1 Å². The number of hydrogen-bond donors (Lipinski definition) is 3. The zero-order chi connectivity index (χ0) is 26.0. The van der Waals surface area contributed by atoms with Crippen LogP contribution in [0.15, 0.2) is 81.9 Å². The first kappa shape index (κ1) is 25.2. The molecule has 4 aromatic carbocycles. The largest absolute Gasteiger partial charge is 0.507 e. The van der Waals surface area contributed by atoms with Crippen molar-refractivity contribution in [3.63, 3.8) is 0 Å². The summed E-state index contributed by atoms with van der Waals surface area (Å²) in [6.45, 7) is 7.60. The summed E-state index contributed by atoms with van der Waals surface area (Å²) in [7, 11) is -4.48. The van der Waals surface area contributed by atoms with E-state index in [0.717, 1.165) is 24.7 Å². The number of aryl methyl sites for hydroxylation is 2. The van der Waals surface area contributed by atoms with Gasteiger partial charge >= 0.3 is 0 Å². The van der Waals surface area contributed by atoms with Gasteiger partial charge in [0.2, 0.25) is 0 Å². The quantitative estimate of drug-likeness (QED) is 0.151. The van der Waals surface area contributed by atoms with Crippen LogP contribution in [-0.4, -0.2) is 24.6 Å². The maximum absolute atomic E-state index is 11.5. The fourth-order valence-corrected chi connectivity index (χ4v) is 4.62. The number of rotatable bonds is 7. The second-order valence-corrected chi connectivity index (χ2v) is 10.1. The van der Waals surface area contributed by atoms with Crippen LogP contribution in [0.1, 0.15) is 23.6 Å². The summed E-state index contributed by atoms with van der Waals surface area (Å²) >= 11 is 0. The molecule has 0 aromatic heterocycles. The Bertz CT molecular complexity index is 1550. The smallest absolute Gasteiger partial charge is 0.294 e. The average Bonchev–Trinajstić information content (AvgIpc) is 2.83. The number of phenolic OH excluding ortho intramolecular Hbond substituents is 1. The van der Waals surface area contributed by atoms with E-state index in [4.69, 9.17) is 5.73 Å². The van der Waals surface area contributed by atoms with Gasteiger partial charge in [-0.3, -0.25) is 4.55 Å². The molecular formula is C27H28N4O4S. The van der Waals surface area contributed by atoms with Crippen molar-refractivity contribution in [3.8, 4) is 5.75 Å². The van der Waals surface area contributed by atoms with Crippen LogP contribution in [0.3, 0.4) is 0 Å². The van der Waals surface area contributed by atoms with Gasteiger partial charge in [0.15, 0.2) is 0 Å². The zero-order valence-electron chi connectivity index (χ0n) is 20.3. The summed E-state index contributed by atoms with van der Waals surface area (Å²) in [6, 6.07) is 20.1. The highest BCUT2D eigenvalue weighted by Crippen LogP contribution is 2.41. The molecule has 0 aliphatic heterocycles. The Labute approximate surface area is 210 Å². The van der Waals surface area contributed by atoms with Crippen molar-refractivity contribution in [2.45, 2.75) is 32.2 Å². The number of phenols is 1. The van der Waals surface area contributed by atoms with Gasteiger partial charge in [-0.1, -0.05) is 29.8 Å². The predicted molar refractivity (Wildman–Crippen MR) is 143 cm³/mol. The monoisotopic (exact) mass is 504 g/mol. The van der Waals surface area contributed by atoms with Gasteiger partial charge in [0.05, 0.1) is 16.3 Å². The molecule has 0 heterocycles. The van der Waals surface area contributed by atoms with Crippen LogP contribution in [0.2, 0.25) is 0 Å². The van der Waals surface area contributed by atoms with Crippen LogP contribution in [0, 0.1) is 13.8 Å². The second kappa shape index (κ2) is 9.96. The maximum atomic E-state index is 11.5. The van der Waals surface area contributed by atoms with Gasteiger partial charge in [-0.15, -0.1) is 5.11 Å². The van der Waals surface area contributed by atoms with Crippen molar-refractivity contribution < 1.29 is 18.1 Å². The molecule has 9 heteroatoms. The second-order valence-electron chi connectivity index (χ2n) is 8.69. The first-order valence-electron chi connectivity index (χ1n) is 11.4. The van der Waals surface area contributed by atoms with E-state index < -0.39 is 15.0 Å². The summed E-state index contributed by atoms with van der Waals surface area (Å²) in [5, 5.41) is 19.6. The molecule has 0 bridgehead atoms. The van der Waals surface area contributed by atoms with Crippen LogP contribution in [0.25, 0.3) is 10.8 Å². The van der Waals surface area contributed by atoms with Gasteiger partial charge in [0.25, 0.3) is 10.1 Å². The summed E-state index contributed by atoms with van der Waals surface area (Å²) in [5.74, 6) is -0.368. The lowest BCUT2D eigenvalue weighted by Gasteiger charge is -2.23. The van der Waals surface area contributed by atoms with Gasteiger partial charge in [-0.2, -0.15) is 13.5 Å². The molecule has 0 spiro atoms. The fraction of sp³-hybridized carbons (Fsp3) is 0.185. The molecule has 4 aromatic rings. The number of fused-ring (bicyclic) bond motifs is 1. The number of aromatic hydroxyl groups is 1. The summed E-state index contributed by atoms with van der Waals surface area (Å²) in [5.41, 5.74) is 11.6. The van der Waals surface area contributed by atoms with Crippen LogP contribution < -0.4 is 10.6 Å². The lowest BCUT2D eigenvalue weighted by molar-refractivity contribution is 0.471. The summed E-state index contributed by atoms with van der Waals surface area (Å²) < 4.78 is 32.3. The van der Waals surface area contributed by atoms with E-state index >= 15 is 0 Å². The molecule has 0 aliphatic carbocycles. The van der Waals surface area contributed by atoms with Crippen LogP contribution in [0.5, 0.6) is 5.75 Å². The fourth-order valence-electron chi connectivity index (χ4n) is 4.08. The minimum atomic E-state index is -4.48. The molecule has 36 heavy (non-hydrogen) atoms. The molecule has 0 saturated heterocycles. The van der Waals surface area contributed by atoms with Crippen LogP contribution in [-0.2, 0) is 16.7 Å². The Balaban J connectivity index is 1.58. The van der Waals surface area contributed by atoms with Gasteiger partial charge < -0.3 is 15.7 Å². The van der Waals surface area contributed by atoms with Crippen molar-refractivity contribution >= 4 is 43.6 Å². The van der Waals surface area contributed by atoms with Crippen molar-refractivity contribution in [3.05, 3.63) is 83.4 Å². The van der Waals surface area contributed by atoms with Gasteiger partial charge in [0, 0.05) is 30.2 Å². The molecule has 8 nitrogen and oxygen atoms in total. The molecule has 4 rings (SSSR count). The molecular weight excluding hydrogens is 476 g/mol. The standard InChI is InChI=1S/C27H28N4O4S/c1-4-31(22-11-5-17(2)6-12-22)16-19-7-9-21(10-8-19)29-30-27-18(3)13-20-14-23(36(33,34)35)15-24(32)25(20)26(27)28/h5-15,32H,4,16,28H2,1-3H3,(H,33,34,35). The SMILES string of the molecule is CCN(Cc1ccc(N=Nc2c(C)cc3cc(S(=O)(=O)O)cc(O)c3c2N)cc1)c1ccc(C)cc1. The third-order valence-corrected chi connectivity index (χ3v) is 6.88. The third kappa shape index (κ3) is 5.32. The number of nitrogens with two attached hydrogens (primary N) is 1. The Morgan fingerprint density at radius 2 is 1.61 bits per heavy atom. The lowest BCUT2D eigenvalue weighted by Crippen LogP contribution is -2.21. The number of benzene rings is 4. The minimum absolute atomic E-state index is 0.168. The zero-order valence-corrected chi connectivity index (χ0v) is 21.1. The van der Waals surface area contributed by atoms with Gasteiger partial charge in [-0.25, -0.2) is 0 Å². The molecule has 0 fully saturated rings. The normalized spacial score (nSPS) is 11.9. The topological polar surface area (TPSA) is 129 Å². The van der Waals surface area contributed by atoms with E-state index in [1.165, 1.54) is 17.3 Å². The summed E-state index contributed by atoms with van der Waals surface area (Å²) in [6.07, 6.45) is 0. The number of nitrogen functional groups attached to an aromatic ring is 1. The summed E-state index contributed by atoms with van der Waals surface area (Å²) in [4.78, 5) is 1.87. The number of anilines is 2. The lowest BCUT2D eigenvalue weighted by atomic mass is 10.0. The number of nitrogens with zero attached hydrogens (tertiary/aromatic N) is 3. The van der Waals surface area contributed by atoms with Crippen molar-refractivity contribution in [2.75, 3.05) is 17.2 Å². The average molecular weight is 505 g/mol. The first-order valence-corrected chi connectivity index (χ1v) is 12.9. The van der Waals surface area contributed by atoms with Gasteiger partial charge in [-0.05, 0) is 73.7 Å². The van der Waals surface area contributed by atoms with Gasteiger partial charge in [0.1, 0.15) is 11.4 Å². The van der Waals surface area contributed by atoms with E-state index in [0.29, 0.717) is 22.3 Å².